The monoisotopic (exact) mass is 278 g/mol. The zero-order valence-electron chi connectivity index (χ0n) is 9.35. The first kappa shape index (κ1) is 14.9. The molecule has 0 spiro atoms. The van der Waals surface area contributed by atoms with Gasteiger partial charge in [0.25, 0.3) is 5.69 Å². The van der Waals surface area contributed by atoms with E-state index in [1.54, 1.807) is 0 Å². The number of carbonyl (C=O) groups is 1. The van der Waals surface area contributed by atoms with Crippen LogP contribution in [0.4, 0.5) is 18.9 Å². The number of nitrogens with two attached hydrogens (primary N) is 1. The fourth-order valence-electron chi connectivity index (χ4n) is 1.53. The highest BCUT2D eigenvalue weighted by atomic mass is 19.4. The average molecular weight is 278 g/mol. The molecule has 3 N–H and O–H groups in total. The number of rotatable bonds is 4. The summed E-state index contributed by atoms with van der Waals surface area (Å²) in [6.07, 6.45) is -5.60. The molecule has 0 saturated heterocycles. The molecule has 1 aromatic carbocycles. The van der Waals surface area contributed by atoms with E-state index in [2.05, 4.69) is 0 Å². The van der Waals surface area contributed by atoms with Gasteiger partial charge < -0.3 is 10.8 Å². The van der Waals surface area contributed by atoms with Gasteiger partial charge in [-0.15, -0.1) is 0 Å². The van der Waals surface area contributed by atoms with Crippen LogP contribution in [0.5, 0.6) is 0 Å². The predicted molar refractivity (Wildman–Crippen MR) is 57.4 cm³/mol. The van der Waals surface area contributed by atoms with Gasteiger partial charge in [0.05, 0.1) is 10.5 Å². The Morgan fingerprint density at radius 1 is 1.47 bits per heavy atom. The van der Waals surface area contributed by atoms with Crippen molar-refractivity contribution in [1.82, 2.24) is 0 Å². The van der Waals surface area contributed by atoms with Crippen LogP contribution in [0.1, 0.15) is 11.1 Å². The first-order chi connectivity index (χ1) is 8.64. The van der Waals surface area contributed by atoms with Crippen LogP contribution >= 0.6 is 0 Å². The van der Waals surface area contributed by atoms with E-state index in [1.165, 1.54) is 0 Å². The summed E-state index contributed by atoms with van der Waals surface area (Å²) in [4.78, 5) is 20.3. The minimum absolute atomic E-state index is 0.650. The Balaban J connectivity index is 3.38. The van der Waals surface area contributed by atoms with Gasteiger partial charge in [0.15, 0.2) is 0 Å². The van der Waals surface area contributed by atoms with Crippen LogP contribution in [0.15, 0.2) is 18.2 Å². The van der Waals surface area contributed by atoms with Gasteiger partial charge in [0.1, 0.15) is 6.04 Å². The topological polar surface area (TPSA) is 106 Å². The second-order valence-electron chi connectivity index (χ2n) is 3.71. The van der Waals surface area contributed by atoms with Crippen LogP contribution in [0.2, 0.25) is 0 Å². The van der Waals surface area contributed by atoms with E-state index in [4.69, 9.17) is 10.8 Å². The molecule has 0 aromatic heterocycles. The molecule has 19 heavy (non-hydrogen) atoms. The zero-order valence-corrected chi connectivity index (χ0v) is 9.35. The number of nitro benzene ring substituents is 1. The number of aliphatic carboxylic acids is 1. The summed E-state index contributed by atoms with van der Waals surface area (Å²) in [7, 11) is 0. The maximum atomic E-state index is 12.7. The summed E-state index contributed by atoms with van der Waals surface area (Å²) < 4.78 is 38.2. The third-order valence-corrected chi connectivity index (χ3v) is 2.39. The average Bonchev–Trinajstić information content (AvgIpc) is 2.27. The molecular weight excluding hydrogens is 269 g/mol. The van der Waals surface area contributed by atoms with Crippen molar-refractivity contribution in [1.29, 1.82) is 0 Å². The van der Waals surface area contributed by atoms with Crippen molar-refractivity contribution in [2.24, 2.45) is 5.73 Å². The molecule has 1 rings (SSSR count). The Morgan fingerprint density at radius 3 is 2.47 bits per heavy atom. The number of benzene rings is 1. The Morgan fingerprint density at radius 2 is 2.05 bits per heavy atom. The number of nitro groups is 1. The molecule has 6 nitrogen and oxygen atoms in total. The Labute approximate surface area is 104 Å². The van der Waals surface area contributed by atoms with Crippen LogP contribution in [-0.2, 0) is 17.4 Å². The van der Waals surface area contributed by atoms with Gasteiger partial charge >= 0.3 is 12.1 Å². The molecule has 0 fully saturated rings. The Kier molecular flexibility index (Phi) is 4.10. The number of hydrogen-bond acceptors (Lipinski definition) is 4. The standard InChI is InChI=1S/C10H9F3N2O4/c11-10(12,13)6-2-1-3-8(15(18)19)5(6)4-7(14)9(16)17/h1-3,7H,4,14H2,(H,16,17). The van der Waals surface area contributed by atoms with Crippen LogP contribution in [0.3, 0.4) is 0 Å². The molecule has 1 aromatic rings. The highest BCUT2D eigenvalue weighted by Gasteiger charge is 2.37. The second kappa shape index (κ2) is 5.22. The minimum atomic E-state index is -4.82. The second-order valence-corrected chi connectivity index (χ2v) is 3.71. The van der Waals surface area contributed by atoms with Crippen LogP contribution in [0.25, 0.3) is 0 Å². The van der Waals surface area contributed by atoms with Crippen molar-refractivity contribution >= 4 is 11.7 Å². The Hall–Kier alpha value is -2.16. The van der Waals surface area contributed by atoms with E-state index < -0.39 is 46.3 Å². The largest absolute Gasteiger partial charge is 0.480 e. The van der Waals surface area contributed by atoms with E-state index in [9.17, 15) is 28.1 Å². The molecule has 0 aliphatic heterocycles. The van der Waals surface area contributed by atoms with E-state index >= 15 is 0 Å². The van der Waals surface area contributed by atoms with E-state index in [0.717, 1.165) is 12.1 Å². The van der Waals surface area contributed by atoms with Crippen LogP contribution in [0, 0.1) is 10.1 Å². The van der Waals surface area contributed by atoms with Crippen molar-refractivity contribution in [3.63, 3.8) is 0 Å². The summed E-state index contributed by atoms with van der Waals surface area (Å²) in [6.45, 7) is 0. The summed E-state index contributed by atoms with van der Waals surface area (Å²) in [5.74, 6) is -1.54. The smallest absolute Gasteiger partial charge is 0.416 e. The molecule has 0 radical (unpaired) electrons. The number of hydrogen-bond donors (Lipinski definition) is 2. The molecule has 104 valence electrons. The van der Waals surface area contributed by atoms with E-state index in [1.807, 2.05) is 0 Å². The molecule has 0 amide bonds. The van der Waals surface area contributed by atoms with Crippen molar-refractivity contribution in [2.45, 2.75) is 18.6 Å². The van der Waals surface area contributed by atoms with Crippen molar-refractivity contribution in [3.05, 3.63) is 39.4 Å². The third kappa shape index (κ3) is 3.41. The zero-order chi connectivity index (χ0) is 14.8. The summed E-state index contributed by atoms with van der Waals surface area (Å²) in [5, 5.41) is 19.3. The van der Waals surface area contributed by atoms with Gasteiger partial charge in [0, 0.05) is 18.1 Å². The molecule has 0 saturated carbocycles. The maximum Gasteiger partial charge on any atom is 0.416 e. The van der Waals surface area contributed by atoms with E-state index in [0.29, 0.717) is 6.07 Å². The predicted octanol–water partition coefficient (Wildman–Crippen LogP) is 1.57. The lowest BCUT2D eigenvalue weighted by molar-refractivity contribution is -0.385. The minimum Gasteiger partial charge on any atom is -0.480 e. The number of alkyl halides is 3. The lowest BCUT2D eigenvalue weighted by Gasteiger charge is -2.14. The van der Waals surface area contributed by atoms with Gasteiger partial charge in [-0.05, 0) is 6.07 Å². The number of halogens is 3. The van der Waals surface area contributed by atoms with Crippen molar-refractivity contribution in [2.75, 3.05) is 0 Å². The van der Waals surface area contributed by atoms with E-state index in [-0.39, 0.29) is 0 Å². The molecule has 0 aliphatic carbocycles. The normalized spacial score (nSPS) is 13.1. The molecule has 0 bridgehead atoms. The van der Waals surface area contributed by atoms with Gasteiger partial charge in [-0.25, -0.2) is 0 Å². The van der Waals surface area contributed by atoms with Crippen molar-refractivity contribution in [3.8, 4) is 0 Å². The van der Waals surface area contributed by atoms with Crippen molar-refractivity contribution < 1.29 is 28.0 Å². The number of nitrogens with zero attached hydrogens (tertiary/aromatic N) is 1. The third-order valence-electron chi connectivity index (χ3n) is 2.39. The van der Waals surface area contributed by atoms with Crippen LogP contribution in [-0.4, -0.2) is 22.0 Å². The molecule has 9 heteroatoms. The summed E-state index contributed by atoms with van der Waals surface area (Å²) in [6, 6.07) is 0.759. The van der Waals surface area contributed by atoms with Gasteiger partial charge in [-0.2, -0.15) is 13.2 Å². The van der Waals surface area contributed by atoms with Gasteiger partial charge in [0.2, 0.25) is 0 Å². The Bertz CT molecular complexity index is 516. The quantitative estimate of drug-likeness (QED) is 0.642. The summed E-state index contributed by atoms with van der Waals surface area (Å²) in [5.41, 5.74) is 2.36. The highest BCUT2D eigenvalue weighted by molar-refractivity contribution is 5.74. The number of carboxylic acid groups (broad SMARTS) is 1. The van der Waals surface area contributed by atoms with Gasteiger partial charge in [-0.3, -0.25) is 14.9 Å². The lowest BCUT2D eigenvalue weighted by Crippen LogP contribution is -2.33. The first-order valence-corrected chi connectivity index (χ1v) is 4.96. The maximum absolute atomic E-state index is 12.7. The summed E-state index contributed by atoms with van der Waals surface area (Å²) >= 11 is 0. The highest BCUT2D eigenvalue weighted by Crippen LogP contribution is 2.36. The molecule has 0 heterocycles. The first-order valence-electron chi connectivity index (χ1n) is 4.96. The molecule has 1 atom stereocenters. The molecule has 1 unspecified atom stereocenters. The molecule has 0 aliphatic rings. The fourth-order valence-corrected chi connectivity index (χ4v) is 1.53. The SMILES string of the molecule is NC(Cc1c([N+](=O)[O-])cccc1C(F)(F)F)C(=O)O. The number of carboxylic acids is 1. The van der Waals surface area contributed by atoms with Gasteiger partial charge in [-0.1, -0.05) is 6.07 Å². The molecular formula is C10H9F3N2O4. The fraction of sp³-hybridized carbons (Fsp3) is 0.300. The van der Waals surface area contributed by atoms with Crippen LogP contribution < -0.4 is 5.73 Å². The lowest BCUT2D eigenvalue weighted by atomic mass is 9.98.